The Kier molecular flexibility index (Phi) is 3.85. The maximum atomic E-state index is 12.1. The molecule has 0 unspecified atom stereocenters. The van der Waals surface area contributed by atoms with Crippen molar-refractivity contribution in [3.8, 4) is 0 Å². The number of nitrogens with zero attached hydrogens (tertiary/aromatic N) is 1. The Bertz CT molecular complexity index is 661. The van der Waals surface area contributed by atoms with Gasteiger partial charge in [-0.1, -0.05) is 12.1 Å². The van der Waals surface area contributed by atoms with Gasteiger partial charge in [-0.05, 0) is 57.2 Å². The van der Waals surface area contributed by atoms with Gasteiger partial charge >= 0.3 is 6.09 Å². The van der Waals surface area contributed by atoms with Gasteiger partial charge in [0.2, 0.25) is 0 Å². The van der Waals surface area contributed by atoms with Gasteiger partial charge in [0.05, 0.1) is 0 Å². The lowest BCUT2D eigenvalue weighted by Crippen LogP contribution is -2.41. The molecule has 22 heavy (non-hydrogen) atoms. The smallest absolute Gasteiger partial charge is 0.410 e. The van der Waals surface area contributed by atoms with Crippen molar-refractivity contribution in [2.24, 2.45) is 0 Å². The first kappa shape index (κ1) is 14.9. The Morgan fingerprint density at radius 3 is 2.64 bits per heavy atom. The molecule has 0 saturated carbocycles. The van der Waals surface area contributed by atoms with Crippen molar-refractivity contribution >= 4 is 17.0 Å². The van der Waals surface area contributed by atoms with Crippen LogP contribution in [0, 0.1) is 0 Å². The molecule has 1 N–H and O–H groups in total. The third-order valence-electron chi connectivity index (χ3n) is 4.22. The molecule has 0 bridgehead atoms. The van der Waals surface area contributed by atoms with Crippen molar-refractivity contribution in [1.29, 1.82) is 0 Å². The average Bonchev–Trinajstić information content (AvgIpc) is 2.94. The largest absolute Gasteiger partial charge is 0.444 e. The predicted molar refractivity (Wildman–Crippen MR) is 88.1 cm³/mol. The Morgan fingerprint density at radius 1 is 1.23 bits per heavy atom. The highest BCUT2D eigenvalue weighted by atomic mass is 16.6. The summed E-state index contributed by atoms with van der Waals surface area (Å²) in [4.78, 5) is 17.2. The van der Waals surface area contributed by atoms with Crippen LogP contribution in [0.4, 0.5) is 4.79 Å². The number of piperidine rings is 1. The number of hydrogen-bond acceptors (Lipinski definition) is 2. The molecule has 0 spiro atoms. The van der Waals surface area contributed by atoms with Crippen LogP contribution in [0.3, 0.4) is 0 Å². The number of aromatic amines is 1. The second-order valence-corrected chi connectivity index (χ2v) is 7.03. The molecule has 0 atom stereocenters. The Balaban J connectivity index is 1.67. The molecule has 1 fully saturated rings. The Hall–Kier alpha value is -1.97. The van der Waals surface area contributed by atoms with E-state index < -0.39 is 5.60 Å². The normalized spacial score (nSPS) is 17.0. The fraction of sp³-hybridized carbons (Fsp3) is 0.500. The summed E-state index contributed by atoms with van der Waals surface area (Å²) in [7, 11) is 0. The van der Waals surface area contributed by atoms with E-state index in [4.69, 9.17) is 4.74 Å². The third-order valence-corrected chi connectivity index (χ3v) is 4.22. The van der Waals surface area contributed by atoms with Crippen molar-refractivity contribution in [3.05, 3.63) is 36.0 Å². The highest BCUT2D eigenvalue weighted by Crippen LogP contribution is 2.33. The molecular weight excluding hydrogens is 276 g/mol. The van der Waals surface area contributed by atoms with Crippen molar-refractivity contribution in [1.82, 2.24) is 9.88 Å². The number of H-pyrrole nitrogens is 1. The molecule has 1 aliphatic heterocycles. The van der Waals surface area contributed by atoms with Crippen LogP contribution in [-0.4, -0.2) is 34.7 Å². The summed E-state index contributed by atoms with van der Waals surface area (Å²) in [5, 5.41) is 1.30. The van der Waals surface area contributed by atoms with Gasteiger partial charge in [0.15, 0.2) is 0 Å². The summed E-state index contributed by atoms with van der Waals surface area (Å²) in [5.74, 6) is 0.512. The number of benzene rings is 1. The van der Waals surface area contributed by atoms with E-state index in [1.807, 2.05) is 31.9 Å². The van der Waals surface area contributed by atoms with E-state index in [1.54, 1.807) is 0 Å². The van der Waals surface area contributed by atoms with Crippen molar-refractivity contribution in [3.63, 3.8) is 0 Å². The summed E-state index contributed by atoms with van der Waals surface area (Å²) >= 11 is 0. The van der Waals surface area contributed by atoms with E-state index in [1.165, 1.54) is 16.5 Å². The number of ether oxygens (including phenoxy) is 1. The maximum absolute atomic E-state index is 12.1. The van der Waals surface area contributed by atoms with Crippen LogP contribution in [0.5, 0.6) is 0 Å². The topological polar surface area (TPSA) is 45.3 Å². The van der Waals surface area contributed by atoms with Crippen LogP contribution in [0.25, 0.3) is 10.9 Å². The molecule has 1 amide bonds. The maximum Gasteiger partial charge on any atom is 0.410 e. The predicted octanol–water partition coefficient (Wildman–Crippen LogP) is 4.28. The zero-order valence-corrected chi connectivity index (χ0v) is 13.6. The Labute approximate surface area is 131 Å². The van der Waals surface area contributed by atoms with Gasteiger partial charge < -0.3 is 14.6 Å². The van der Waals surface area contributed by atoms with Crippen LogP contribution < -0.4 is 0 Å². The van der Waals surface area contributed by atoms with Gasteiger partial charge in [0, 0.05) is 30.2 Å². The minimum absolute atomic E-state index is 0.189. The molecule has 0 aliphatic carbocycles. The fourth-order valence-electron chi connectivity index (χ4n) is 3.17. The number of likely N-dealkylation sites (tertiary alicyclic amines) is 1. The number of fused-ring (bicyclic) bond motifs is 1. The molecule has 1 saturated heterocycles. The molecule has 1 aliphatic rings. The van der Waals surface area contributed by atoms with E-state index in [0.29, 0.717) is 5.92 Å². The molecule has 0 radical (unpaired) electrons. The molecule has 118 valence electrons. The van der Waals surface area contributed by atoms with Crippen LogP contribution in [0.1, 0.15) is 45.1 Å². The number of hydrogen-bond donors (Lipinski definition) is 1. The zero-order chi connectivity index (χ0) is 15.7. The third kappa shape index (κ3) is 3.11. The first-order valence-electron chi connectivity index (χ1n) is 7.98. The number of aromatic nitrogens is 1. The molecule has 1 aromatic carbocycles. The molecular formula is C18H24N2O2. The van der Waals surface area contributed by atoms with Crippen LogP contribution >= 0.6 is 0 Å². The van der Waals surface area contributed by atoms with Crippen molar-refractivity contribution in [2.75, 3.05) is 13.1 Å². The lowest BCUT2D eigenvalue weighted by molar-refractivity contribution is 0.0205. The first-order chi connectivity index (χ1) is 10.4. The first-order valence-corrected chi connectivity index (χ1v) is 7.98. The molecule has 3 rings (SSSR count). The van der Waals surface area contributed by atoms with Crippen molar-refractivity contribution < 1.29 is 9.53 Å². The second kappa shape index (κ2) is 5.67. The lowest BCUT2D eigenvalue weighted by Gasteiger charge is -2.33. The number of carbonyl (C=O) groups excluding carboxylic acids is 1. The number of rotatable bonds is 1. The average molecular weight is 300 g/mol. The summed E-state index contributed by atoms with van der Waals surface area (Å²) in [6.45, 7) is 7.25. The van der Waals surface area contributed by atoms with E-state index in [9.17, 15) is 4.79 Å². The van der Waals surface area contributed by atoms with Gasteiger partial charge in [-0.15, -0.1) is 0 Å². The highest BCUT2D eigenvalue weighted by Gasteiger charge is 2.28. The van der Waals surface area contributed by atoms with E-state index >= 15 is 0 Å². The lowest BCUT2D eigenvalue weighted by atomic mass is 9.87. The summed E-state index contributed by atoms with van der Waals surface area (Å²) in [6, 6.07) is 8.57. The van der Waals surface area contributed by atoms with Crippen molar-refractivity contribution in [2.45, 2.75) is 45.1 Å². The van der Waals surface area contributed by atoms with Gasteiger partial charge in [-0.3, -0.25) is 0 Å². The quantitative estimate of drug-likeness (QED) is 0.854. The molecule has 4 heteroatoms. The summed E-state index contributed by atoms with van der Waals surface area (Å²) in [6.07, 6.45) is 3.78. The minimum atomic E-state index is -0.426. The summed E-state index contributed by atoms with van der Waals surface area (Å²) in [5.41, 5.74) is 2.15. The molecule has 2 aromatic rings. The van der Waals surface area contributed by atoms with E-state index in [0.717, 1.165) is 25.9 Å². The summed E-state index contributed by atoms with van der Waals surface area (Å²) < 4.78 is 5.46. The number of amides is 1. The van der Waals surface area contributed by atoms with Gasteiger partial charge in [0.25, 0.3) is 0 Å². The number of nitrogens with one attached hydrogen (secondary N) is 1. The Morgan fingerprint density at radius 2 is 1.95 bits per heavy atom. The van der Waals surface area contributed by atoms with Crippen LogP contribution in [0.15, 0.2) is 30.5 Å². The van der Waals surface area contributed by atoms with Gasteiger partial charge in [-0.25, -0.2) is 4.79 Å². The highest BCUT2D eigenvalue weighted by molar-refractivity contribution is 5.83. The second-order valence-electron chi connectivity index (χ2n) is 7.03. The molecule has 1 aromatic heterocycles. The monoisotopic (exact) mass is 300 g/mol. The minimum Gasteiger partial charge on any atom is -0.444 e. The van der Waals surface area contributed by atoms with Crippen LogP contribution in [-0.2, 0) is 4.74 Å². The van der Waals surface area contributed by atoms with E-state index in [2.05, 4.69) is 29.2 Å². The number of carbonyl (C=O) groups is 1. The molecule has 4 nitrogen and oxygen atoms in total. The SMILES string of the molecule is CC(C)(C)OC(=O)N1CCC(c2cccc3[nH]ccc23)CC1. The fourth-order valence-corrected chi connectivity index (χ4v) is 3.17. The zero-order valence-electron chi connectivity index (χ0n) is 13.6. The van der Waals surface area contributed by atoms with Gasteiger partial charge in [0.1, 0.15) is 5.60 Å². The van der Waals surface area contributed by atoms with Gasteiger partial charge in [-0.2, -0.15) is 0 Å². The standard InChI is InChI=1S/C18H24N2O2/c1-18(2,3)22-17(21)20-11-8-13(9-12-20)14-5-4-6-16-15(14)7-10-19-16/h4-7,10,13,19H,8-9,11-12H2,1-3H3. The van der Waals surface area contributed by atoms with Crippen LogP contribution in [0.2, 0.25) is 0 Å². The van der Waals surface area contributed by atoms with E-state index in [-0.39, 0.29) is 6.09 Å². The molecule has 2 heterocycles.